The molecule has 0 spiro atoms. The van der Waals surface area contributed by atoms with Crippen molar-refractivity contribution in [2.24, 2.45) is 0 Å². The van der Waals surface area contributed by atoms with Crippen molar-refractivity contribution >= 4 is 45.2 Å². The van der Waals surface area contributed by atoms with E-state index in [1.807, 2.05) is 0 Å². The second-order valence-electron chi connectivity index (χ2n) is 6.03. The van der Waals surface area contributed by atoms with E-state index in [9.17, 15) is 22.8 Å². The van der Waals surface area contributed by atoms with E-state index < -0.39 is 29.2 Å². The Kier molecular flexibility index (Phi) is 6.41. The number of carbonyl (C=O) groups is 2. The summed E-state index contributed by atoms with van der Waals surface area (Å²) >= 11 is 3.32. The first-order valence-corrected chi connectivity index (χ1v) is 9.33. The Hall–Kier alpha value is -3.33. The summed E-state index contributed by atoms with van der Waals surface area (Å²) in [5.41, 5.74) is -0.923. The molecule has 154 valence electrons. The van der Waals surface area contributed by atoms with Crippen LogP contribution in [0, 0.1) is 0 Å². The van der Waals surface area contributed by atoms with Crippen LogP contribution < -0.4 is 10.6 Å². The molecule has 0 unspecified atom stereocenters. The molecular formula is C21H14BrF3N2O3. The zero-order valence-electron chi connectivity index (χ0n) is 15.2. The summed E-state index contributed by atoms with van der Waals surface area (Å²) in [6.07, 6.45) is -0.867. The summed E-state index contributed by atoms with van der Waals surface area (Å²) in [5.74, 6) is -1.47. The van der Waals surface area contributed by atoms with Crippen LogP contribution in [0.4, 0.5) is 24.5 Å². The fourth-order valence-corrected chi connectivity index (χ4v) is 2.93. The van der Waals surface area contributed by atoms with E-state index in [2.05, 4.69) is 26.6 Å². The van der Waals surface area contributed by atoms with E-state index in [0.29, 0.717) is 5.56 Å². The summed E-state index contributed by atoms with van der Waals surface area (Å²) in [7, 11) is 0. The second kappa shape index (κ2) is 9.00. The van der Waals surface area contributed by atoms with Crippen LogP contribution in [0.2, 0.25) is 0 Å². The summed E-state index contributed by atoms with van der Waals surface area (Å²) in [5, 5.41) is 4.55. The first-order chi connectivity index (χ1) is 14.2. The third-order valence-electron chi connectivity index (χ3n) is 3.91. The lowest BCUT2D eigenvalue weighted by atomic mass is 10.1. The quantitative estimate of drug-likeness (QED) is 0.444. The minimum Gasteiger partial charge on any atom is -0.459 e. The molecule has 0 fully saturated rings. The Balaban J connectivity index is 1.79. The van der Waals surface area contributed by atoms with Crippen LogP contribution >= 0.6 is 15.9 Å². The highest BCUT2D eigenvalue weighted by atomic mass is 79.9. The van der Waals surface area contributed by atoms with E-state index >= 15 is 0 Å². The van der Waals surface area contributed by atoms with Gasteiger partial charge in [0.1, 0.15) is 0 Å². The number of halogens is 4. The van der Waals surface area contributed by atoms with Crippen LogP contribution in [-0.2, 0) is 11.0 Å². The molecule has 1 aromatic heterocycles. The highest BCUT2D eigenvalue weighted by Crippen LogP contribution is 2.36. The van der Waals surface area contributed by atoms with Gasteiger partial charge in [-0.2, -0.15) is 13.2 Å². The van der Waals surface area contributed by atoms with E-state index in [0.717, 1.165) is 22.7 Å². The van der Waals surface area contributed by atoms with Gasteiger partial charge in [0.15, 0.2) is 5.76 Å². The standard InChI is InChI=1S/C21H14BrF3N2O3/c22-16-5-2-1-4-13(16)7-10-19(28)27-17-9-8-14(12-15(17)21(23,24)25)26-20(29)18-6-3-11-30-18/h1-12H,(H,26,29)(H,27,28)/b10-7+. The molecule has 3 aromatic rings. The number of alkyl halides is 3. The number of furan rings is 1. The maximum absolute atomic E-state index is 13.5. The van der Waals surface area contributed by atoms with Crippen LogP contribution in [0.15, 0.2) is 75.8 Å². The van der Waals surface area contributed by atoms with E-state index in [-0.39, 0.29) is 11.4 Å². The molecule has 0 bridgehead atoms. The van der Waals surface area contributed by atoms with Gasteiger partial charge in [0.05, 0.1) is 17.5 Å². The average molecular weight is 479 g/mol. The van der Waals surface area contributed by atoms with Crippen LogP contribution in [-0.4, -0.2) is 11.8 Å². The van der Waals surface area contributed by atoms with Crippen molar-refractivity contribution in [3.63, 3.8) is 0 Å². The van der Waals surface area contributed by atoms with Crippen molar-refractivity contribution in [1.82, 2.24) is 0 Å². The normalized spacial score (nSPS) is 11.5. The minimum atomic E-state index is -4.75. The van der Waals surface area contributed by atoms with Crippen LogP contribution in [0.3, 0.4) is 0 Å². The number of rotatable bonds is 5. The van der Waals surface area contributed by atoms with E-state index in [4.69, 9.17) is 4.42 Å². The average Bonchev–Trinajstić information content (AvgIpc) is 3.23. The molecular weight excluding hydrogens is 465 g/mol. The molecule has 3 rings (SSSR count). The van der Waals surface area contributed by atoms with Crippen LogP contribution in [0.25, 0.3) is 6.08 Å². The molecule has 0 aliphatic heterocycles. The number of carbonyl (C=O) groups excluding carboxylic acids is 2. The molecule has 1 heterocycles. The fraction of sp³-hybridized carbons (Fsp3) is 0.0476. The largest absolute Gasteiger partial charge is 0.459 e. The Labute approximate surface area is 177 Å². The Morgan fingerprint density at radius 2 is 1.77 bits per heavy atom. The highest BCUT2D eigenvalue weighted by Gasteiger charge is 2.34. The maximum Gasteiger partial charge on any atom is 0.418 e. The molecule has 30 heavy (non-hydrogen) atoms. The molecule has 0 radical (unpaired) electrons. The van der Waals surface area contributed by atoms with Crippen molar-refractivity contribution in [3.8, 4) is 0 Å². The Bertz CT molecular complexity index is 1090. The Morgan fingerprint density at radius 1 is 1.00 bits per heavy atom. The third kappa shape index (κ3) is 5.38. The van der Waals surface area contributed by atoms with Gasteiger partial charge in [0, 0.05) is 16.2 Å². The van der Waals surface area contributed by atoms with Gasteiger partial charge in [-0.3, -0.25) is 9.59 Å². The number of benzene rings is 2. The van der Waals surface area contributed by atoms with Gasteiger partial charge < -0.3 is 15.1 Å². The zero-order chi connectivity index (χ0) is 21.7. The van der Waals surface area contributed by atoms with Crippen molar-refractivity contribution < 1.29 is 27.2 Å². The van der Waals surface area contributed by atoms with Crippen LogP contribution in [0.5, 0.6) is 0 Å². The molecule has 2 N–H and O–H groups in total. The third-order valence-corrected chi connectivity index (χ3v) is 4.63. The van der Waals surface area contributed by atoms with Gasteiger partial charge in [-0.15, -0.1) is 0 Å². The second-order valence-corrected chi connectivity index (χ2v) is 6.89. The number of anilines is 2. The van der Waals surface area contributed by atoms with Crippen molar-refractivity contribution in [2.75, 3.05) is 10.6 Å². The highest BCUT2D eigenvalue weighted by molar-refractivity contribution is 9.10. The summed E-state index contributed by atoms with van der Waals surface area (Å²) in [6.45, 7) is 0. The molecule has 0 atom stereocenters. The van der Waals surface area contributed by atoms with E-state index in [1.54, 1.807) is 24.3 Å². The first-order valence-electron chi connectivity index (χ1n) is 8.54. The topological polar surface area (TPSA) is 71.3 Å². The maximum atomic E-state index is 13.5. The molecule has 5 nitrogen and oxygen atoms in total. The number of amides is 2. The first kappa shape index (κ1) is 21.4. The van der Waals surface area contributed by atoms with Gasteiger partial charge in [-0.1, -0.05) is 34.1 Å². The monoisotopic (exact) mass is 478 g/mol. The molecule has 0 saturated carbocycles. The zero-order valence-corrected chi connectivity index (χ0v) is 16.8. The minimum absolute atomic E-state index is 0.0434. The lowest BCUT2D eigenvalue weighted by Crippen LogP contribution is -2.16. The molecule has 2 amide bonds. The molecule has 0 saturated heterocycles. The molecule has 9 heteroatoms. The SMILES string of the molecule is O=C(/C=C/c1ccccc1Br)Nc1ccc(NC(=O)c2ccco2)cc1C(F)(F)F. The number of nitrogens with one attached hydrogen (secondary N) is 2. The van der Waals surface area contributed by atoms with Crippen molar-refractivity contribution in [1.29, 1.82) is 0 Å². The number of hydrogen-bond acceptors (Lipinski definition) is 3. The van der Waals surface area contributed by atoms with Gasteiger partial charge >= 0.3 is 6.18 Å². The summed E-state index contributed by atoms with van der Waals surface area (Å²) in [6, 6.07) is 13.0. The van der Waals surface area contributed by atoms with E-state index in [1.165, 1.54) is 30.5 Å². The lowest BCUT2D eigenvalue weighted by Gasteiger charge is -2.15. The number of hydrogen-bond donors (Lipinski definition) is 2. The summed E-state index contributed by atoms with van der Waals surface area (Å²) in [4.78, 5) is 24.1. The lowest BCUT2D eigenvalue weighted by molar-refractivity contribution is -0.136. The van der Waals surface area contributed by atoms with Gasteiger partial charge in [-0.05, 0) is 48.0 Å². The summed E-state index contributed by atoms with van der Waals surface area (Å²) < 4.78 is 46.1. The van der Waals surface area contributed by atoms with Gasteiger partial charge in [0.2, 0.25) is 5.91 Å². The van der Waals surface area contributed by atoms with Gasteiger partial charge in [-0.25, -0.2) is 0 Å². The molecule has 0 aliphatic carbocycles. The van der Waals surface area contributed by atoms with Gasteiger partial charge in [0.25, 0.3) is 5.91 Å². The molecule has 0 aliphatic rings. The van der Waals surface area contributed by atoms with Crippen molar-refractivity contribution in [3.05, 3.63) is 88.3 Å². The Morgan fingerprint density at radius 3 is 2.43 bits per heavy atom. The van der Waals surface area contributed by atoms with Crippen LogP contribution in [0.1, 0.15) is 21.7 Å². The predicted molar refractivity (Wildman–Crippen MR) is 110 cm³/mol. The predicted octanol–water partition coefficient (Wildman–Crippen LogP) is 5.97. The van der Waals surface area contributed by atoms with Crippen molar-refractivity contribution in [2.45, 2.75) is 6.18 Å². The smallest absolute Gasteiger partial charge is 0.418 e. The molecule has 2 aromatic carbocycles. The fourth-order valence-electron chi connectivity index (χ4n) is 2.52.